The van der Waals surface area contributed by atoms with Gasteiger partial charge < -0.3 is 4.90 Å². The molecule has 9 heteroatoms. The van der Waals surface area contributed by atoms with Crippen LogP contribution in [0.15, 0.2) is 41.6 Å². The van der Waals surface area contributed by atoms with Gasteiger partial charge in [-0.25, -0.2) is 17.2 Å². The van der Waals surface area contributed by atoms with E-state index in [9.17, 15) is 22.0 Å². The quantitative estimate of drug-likeness (QED) is 0.758. The number of amides is 1. The van der Waals surface area contributed by atoms with Gasteiger partial charge >= 0.3 is 0 Å². The molecule has 6 nitrogen and oxygen atoms in total. The van der Waals surface area contributed by atoms with Gasteiger partial charge in [0.05, 0.1) is 22.9 Å². The normalized spacial score (nSPS) is 24.2. The number of benzene rings is 1. The van der Waals surface area contributed by atoms with Gasteiger partial charge in [-0.1, -0.05) is 12.1 Å². The van der Waals surface area contributed by atoms with Crippen molar-refractivity contribution in [2.45, 2.75) is 41.8 Å². The molecule has 29 heavy (non-hydrogen) atoms. The van der Waals surface area contributed by atoms with Crippen molar-refractivity contribution in [3.63, 3.8) is 0 Å². The molecule has 0 unspecified atom stereocenters. The summed E-state index contributed by atoms with van der Waals surface area (Å²) in [5.74, 6) is -3.69. The van der Waals surface area contributed by atoms with E-state index in [4.69, 9.17) is 0 Å². The number of aromatic nitrogens is 2. The van der Waals surface area contributed by atoms with Crippen molar-refractivity contribution < 1.29 is 22.0 Å². The zero-order chi connectivity index (χ0) is 20.8. The molecule has 1 aromatic heterocycles. The zero-order valence-corrected chi connectivity index (χ0v) is 16.9. The Balaban J connectivity index is 1.50. The van der Waals surface area contributed by atoms with E-state index in [1.54, 1.807) is 36.1 Å². The molecule has 1 saturated carbocycles. The van der Waals surface area contributed by atoms with Crippen molar-refractivity contribution in [2.24, 2.45) is 13.0 Å². The number of carbonyl (C=O) groups is 1. The smallest absolute Gasteiger partial charge is 0.267 e. The maximum Gasteiger partial charge on any atom is 0.267 e. The highest BCUT2D eigenvalue weighted by molar-refractivity contribution is 7.92. The summed E-state index contributed by atoms with van der Waals surface area (Å²) in [5.41, 5.74) is 1.57. The number of sulfone groups is 1. The van der Waals surface area contributed by atoms with E-state index in [0.29, 0.717) is 12.8 Å². The maximum absolute atomic E-state index is 13.4. The molecule has 1 saturated heterocycles. The largest absolute Gasteiger partial charge is 0.336 e. The Kier molecular flexibility index (Phi) is 4.96. The van der Waals surface area contributed by atoms with Gasteiger partial charge in [-0.05, 0) is 37.0 Å². The van der Waals surface area contributed by atoms with Crippen LogP contribution in [0, 0.1) is 5.92 Å². The van der Waals surface area contributed by atoms with Crippen LogP contribution < -0.4 is 0 Å². The maximum atomic E-state index is 13.4. The van der Waals surface area contributed by atoms with Crippen LogP contribution in [0.4, 0.5) is 8.78 Å². The van der Waals surface area contributed by atoms with Crippen LogP contribution in [0.2, 0.25) is 0 Å². The predicted octanol–water partition coefficient (Wildman–Crippen LogP) is 2.90. The molecule has 1 aliphatic carbocycles. The minimum atomic E-state index is -3.62. The van der Waals surface area contributed by atoms with E-state index >= 15 is 0 Å². The molecule has 2 fully saturated rings. The fourth-order valence-corrected chi connectivity index (χ4v) is 6.12. The molecule has 1 aromatic carbocycles. The molecule has 0 radical (unpaired) electrons. The lowest BCUT2D eigenvalue weighted by molar-refractivity contribution is -0.135. The first kappa shape index (κ1) is 20.0. The number of hydrogen-bond donors (Lipinski definition) is 0. The summed E-state index contributed by atoms with van der Waals surface area (Å²) < 4.78 is 54.8. The Morgan fingerprint density at radius 2 is 2.03 bits per heavy atom. The van der Waals surface area contributed by atoms with Gasteiger partial charge in [0.25, 0.3) is 5.92 Å². The Morgan fingerprint density at radius 1 is 1.24 bits per heavy atom. The molecule has 0 N–H and O–H groups in total. The summed E-state index contributed by atoms with van der Waals surface area (Å²) in [4.78, 5) is 14.0. The highest BCUT2D eigenvalue weighted by Crippen LogP contribution is 2.37. The lowest BCUT2D eigenvalue weighted by Gasteiger charge is -2.20. The number of hydrogen-bond acceptors (Lipinski definition) is 4. The molecule has 2 aromatic rings. The molecule has 1 aliphatic heterocycles. The summed E-state index contributed by atoms with van der Waals surface area (Å²) in [6, 6.07) is 6.71. The molecular weight excluding hydrogens is 400 g/mol. The molecule has 2 atom stereocenters. The number of rotatable bonds is 4. The van der Waals surface area contributed by atoms with E-state index in [1.807, 2.05) is 12.3 Å². The molecular formula is C20H23F2N3O3S. The second kappa shape index (κ2) is 7.19. The standard InChI is InChI=1S/C20H23F2N3O3S/c1-24-12-16(11-23-24)14-3-2-4-17(9-14)29(27,28)18-6-5-15(10-18)19(26)25-8-7-20(21,22)13-25/h2-4,9,11-12,15,18H,5-8,10,13H2,1H3/t15-,18-/m1/s1. The third-order valence-corrected chi connectivity index (χ3v) is 8.07. The van der Waals surface area contributed by atoms with Gasteiger partial charge in [0.2, 0.25) is 5.91 Å². The second-order valence-corrected chi connectivity index (χ2v) is 10.2. The number of halogens is 2. The number of nitrogens with zero attached hydrogens (tertiary/aromatic N) is 3. The Hall–Kier alpha value is -2.29. The van der Waals surface area contributed by atoms with E-state index in [2.05, 4.69) is 5.10 Å². The minimum absolute atomic E-state index is 0.0346. The van der Waals surface area contributed by atoms with Gasteiger partial charge in [-0.15, -0.1) is 0 Å². The lowest BCUT2D eigenvalue weighted by Crippen LogP contribution is -2.35. The zero-order valence-electron chi connectivity index (χ0n) is 16.1. The Morgan fingerprint density at radius 3 is 2.69 bits per heavy atom. The summed E-state index contributed by atoms with van der Waals surface area (Å²) in [6.45, 7) is -0.528. The van der Waals surface area contributed by atoms with Crippen LogP contribution in [-0.4, -0.2) is 53.3 Å². The number of carbonyl (C=O) groups excluding carboxylic acids is 1. The van der Waals surface area contributed by atoms with E-state index in [-0.39, 0.29) is 30.2 Å². The van der Waals surface area contributed by atoms with Crippen LogP contribution in [-0.2, 0) is 21.7 Å². The summed E-state index contributed by atoms with van der Waals surface area (Å²) in [6.07, 6.45) is 4.10. The third kappa shape index (κ3) is 3.92. The van der Waals surface area contributed by atoms with Gasteiger partial charge in [-0.2, -0.15) is 5.10 Å². The predicted molar refractivity (Wildman–Crippen MR) is 103 cm³/mol. The van der Waals surface area contributed by atoms with Crippen molar-refractivity contribution in [3.8, 4) is 11.1 Å². The number of alkyl halides is 2. The minimum Gasteiger partial charge on any atom is -0.336 e. The van der Waals surface area contributed by atoms with Gasteiger partial charge in [0.15, 0.2) is 9.84 Å². The Labute approximate surface area is 168 Å². The third-order valence-electron chi connectivity index (χ3n) is 5.85. The first-order valence-electron chi connectivity index (χ1n) is 9.65. The topological polar surface area (TPSA) is 72.3 Å². The summed E-state index contributed by atoms with van der Waals surface area (Å²) in [7, 11) is -1.83. The number of likely N-dealkylation sites (tertiary alicyclic amines) is 1. The van der Waals surface area contributed by atoms with Crippen LogP contribution in [0.25, 0.3) is 11.1 Å². The highest BCUT2D eigenvalue weighted by atomic mass is 32.2. The molecule has 0 spiro atoms. The van der Waals surface area contributed by atoms with E-state index in [1.165, 1.54) is 4.90 Å². The summed E-state index contributed by atoms with van der Waals surface area (Å²) >= 11 is 0. The first-order valence-corrected chi connectivity index (χ1v) is 11.2. The van der Waals surface area contributed by atoms with Gasteiger partial charge in [-0.3, -0.25) is 9.48 Å². The van der Waals surface area contributed by atoms with E-state index < -0.39 is 33.5 Å². The van der Waals surface area contributed by atoms with Crippen molar-refractivity contribution in [1.29, 1.82) is 0 Å². The second-order valence-electron chi connectivity index (χ2n) is 7.97. The van der Waals surface area contributed by atoms with Crippen LogP contribution in [0.3, 0.4) is 0 Å². The molecule has 2 aliphatic rings. The fraction of sp³-hybridized carbons (Fsp3) is 0.500. The molecule has 4 rings (SSSR count). The van der Waals surface area contributed by atoms with Crippen molar-refractivity contribution in [2.75, 3.05) is 13.1 Å². The molecule has 156 valence electrons. The van der Waals surface area contributed by atoms with Crippen molar-refractivity contribution in [3.05, 3.63) is 36.7 Å². The van der Waals surface area contributed by atoms with E-state index in [0.717, 1.165) is 11.1 Å². The average molecular weight is 423 g/mol. The lowest BCUT2D eigenvalue weighted by atomic mass is 10.1. The van der Waals surface area contributed by atoms with Crippen molar-refractivity contribution >= 4 is 15.7 Å². The molecule has 2 heterocycles. The fourth-order valence-electron chi connectivity index (χ4n) is 4.24. The molecule has 1 amide bonds. The van der Waals surface area contributed by atoms with Crippen LogP contribution in [0.1, 0.15) is 25.7 Å². The Bertz CT molecular complexity index is 1040. The average Bonchev–Trinajstić information content (AvgIpc) is 3.41. The van der Waals surface area contributed by atoms with Crippen molar-refractivity contribution in [1.82, 2.24) is 14.7 Å². The van der Waals surface area contributed by atoms with Crippen LogP contribution in [0.5, 0.6) is 0 Å². The van der Waals surface area contributed by atoms with Gasteiger partial charge in [0, 0.05) is 37.7 Å². The highest BCUT2D eigenvalue weighted by Gasteiger charge is 2.45. The van der Waals surface area contributed by atoms with Crippen LogP contribution >= 0.6 is 0 Å². The van der Waals surface area contributed by atoms with Gasteiger partial charge in [0.1, 0.15) is 0 Å². The first-order chi connectivity index (χ1) is 13.7. The number of aryl methyl sites for hydroxylation is 1. The molecule has 0 bridgehead atoms. The monoisotopic (exact) mass is 423 g/mol. The summed E-state index contributed by atoms with van der Waals surface area (Å²) in [5, 5.41) is 3.43. The SMILES string of the molecule is Cn1cc(-c2cccc(S(=O)(=O)[C@@H]3CC[C@@H](C(=O)N4CCC(F)(F)C4)C3)c2)cn1.